The molecule has 0 saturated heterocycles. The first-order chi connectivity index (χ1) is 4.61. The molecule has 0 spiro atoms. The van der Waals surface area contributed by atoms with Gasteiger partial charge in [-0.3, -0.25) is 0 Å². The summed E-state index contributed by atoms with van der Waals surface area (Å²) >= 11 is 0. The summed E-state index contributed by atoms with van der Waals surface area (Å²) in [6, 6.07) is 0.361. The van der Waals surface area contributed by atoms with E-state index in [-0.39, 0.29) is 0 Å². The number of allylic oxidation sites excluding steroid dienone is 1. The Hall–Kier alpha value is -0.300. The topological polar surface area (TPSA) is 26.0 Å². The molecule has 0 aromatic rings. The molecule has 0 aromatic heterocycles. The van der Waals surface area contributed by atoms with Gasteiger partial charge in [-0.25, -0.2) is 0 Å². The molecule has 0 amide bonds. The molecule has 0 aliphatic heterocycles. The minimum atomic E-state index is 0.361. The minimum Gasteiger partial charge on any atom is -0.324 e. The molecule has 1 nitrogen and oxygen atoms in total. The van der Waals surface area contributed by atoms with Gasteiger partial charge < -0.3 is 5.73 Å². The molecule has 1 fully saturated rings. The summed E-state index contributed by atoms with van der Waals surface area (Å²) in [4.78, 5) is 0. The van der Waals surface area contributed by atoms with E-state index in [4.69, 9.17) is 5.73 Å². The third-order valence-corrected chi connectivity index (χ3v) is 2.31. The van der Waals surface area contributed by atoms with Crippen molar-refractivity contribution < 1.29 is 0 Å². The molecule has 0 heterocycles. The van der Waals surface area contributed by atoms with Crippen LogP contribution in [0.15, 0.2) is 11.1 Å². The van der Waals surface area contributed by atoms with Gasteiger partial charge in [-0.15, -0.1) is 0 Å². The lowest BCUT2D eigenvalue weighted by Gasteiger charge is -2.05. The lowest BCUT2D eigenvalue weighted by Crippen LogP contribution is -2.17. The van der Waals surface area contributed by atoms with Crippen LogP contribution in [0.1, 0.15) is 33.6 Å². The maximum Gasteiger partial charge on any atom is 0.0258 e. The molecule has 1 aliphatic rings. The summed E-state index contributed by atoms with van der Waals surface area (Å²) in [5, 5.41) is 0. The predicted molar refractivity (Wildman–Crippen MR) is 44.7 cm³/mol. The summed E-state index contributed by atoms with van der Waals surface area (Å²) < 4.78 is 0. The maximum atomic E-state index is 5.91. The molecule has 0 radical (unpaired) electrons. The summed E-state index contributed by atoms with van der Waals surface area (Å²) in [6.45, 7) is 6.59. The van der Waals surface area contributed by atoms with E-state index in [1.165, 1.54) is 24.0 Å². The maximum absolute atomic E-state index is 5.91. The highest BCUT2D eigenvalue weighted by atomic mass is 14.7. The van der Waals surface area contributed by atoms with Crippen molar-refractivity contribution in [2.45, 2.75) is 39.7 Å². The van der Waals surface area contributed by atoms with Crippen molar-refractivity contribution in [3.05, 3.63) is 11.1 Å². The number of hydrogen-bond donors (Lipinski definition) is 1. The smallest absolute Gasteiger partial charge is 0.0258 e. The highest BCUT2D eigenvalue weighted by molar-refractivity contribution is 5.20. The van der Waals surface area contributed by atoms with Crippen molar-refractivity contribution in [2.75, 3.05) is 0 Å². The van der Waals surface area contributed by atoms with E-state index >= 15 is 0 Å². The SMILES string of the molecule is CC(C)=C1C[C@H](C)C[C@@H]1N. The van der Waals surface area contributed by atoms with Crippen LogP contribution in [0.2, 0.25) is 0 Å². The zero-order valence-corrected chi connectivity index (χ0v) is 7.15. The Morgan fingerprint density at radius 1 is 1.50 bits per heavy atom. The Balaban J connectivity index is 2.73. The van der Waals surface area contributed by atoms with Crippen LogP contribution in [0.5, 0.6) is 0 Å². The summed E-state index contributed by atoms with van der Waals surface area (Å²) in [7, 11) is 0. The average molecular weight is 139 g/mol. The van der Waals surface area contributed by atoms with Gasteiger partial charge in [0, 0.05) is 6.04 Å². The first kappa shape index (κ1) is 7.80. The molecular weight excluding hydrogens is 122 g/mol. The second-order valence-electron chi connectivity index (χ2n) is 3.68. The summed E-state index contributed by atoms with van der Waals surface area (Å²) in [6.07, 6.45) is 2.41. The lowest BCUT2D eigenvalue weighted by atomic mass is 10.1. The third-order valence-electron chi connectivity index (χ3n) is 2.31. The van der Waals surface area contributed by atoms with Crippen LogP contribution in [0.25, 0.3) is 0 Å². The first-order valence-electron chi connectivity index (χ1n) is 4.03. The van der Waals surface area contributed by atoms with Crippen molar-refractivity contribution in [3.8, 4) is 0 Å². The van der Waals surface area contributed by atoms with Crippen LogP contribution < -0.4 is 5.73 Å². The van der Waals surface area contributed by atoms with E-state index in [0.717, 1.165) is 5.92 Å². The zero-order chi connectivity index (χ0) is 7.72. The van der Waals surface area contributed by atoms with Gasteiger partial charge in [0.2, 0.25) is 0 Å². The van der Waals surface area contributed by atoms with Crippen LogP contribution in [0.4, 0.5) is 0 Å². The third kappa shape index (κ3) is 1.40. The van der Waals surface area contributed by atoms with Gasteiger partial charge in [0.15, 0.2) is 0 Å². The largest absolute Gasteiger partial charge is 0.324 e. The zero-order valence-electron chi connectivity index (χ0n) is 7.15. The van der Waals surface area contributed by atoms with Crippen LogP contribution >= 0.6 is 0 Å². The summed E-state index contributed by atoms with van der Waals surface area (Å²) in [5.41, 5.74) is 8.83. The number of hydrogen-bond acceptors (Lipinski definition) is 1. The monoisotopic (exact) mass is 139 g/mol. The van der Waals surface area contributed by atoms with E-state index in [1.54, 1.807) is 0 Å². The van der Waals surface area contributed by atoms with Gasteiger partial charge in [-0.05, 0) is 32.6 Å². The predicted octanol–water partition coefficient (Wildman–Crippen LogP) is 2.08. The van der Waals surface area contributed by atoms with Gasteiger partial charge in [0.1, 0.15) is 0 Å². The van der Waals surface area contributed by atoms with Crippen molar-refractivity contribution >= 4 is 0 Å². The van der Waals surface area contributed by atoms with Gasteiger partial charge in [-0.1, -0.05) is 18.1 Å². The molecule has 2 N–H and O–H groups in total. The second-order valence-corrected chi connectivity index (χ2v) is 3.68. The van der Waals surface area contributed by atoms with Crippen LogP contribution in [-0.4, -0.2) is 6.04 Å². The molecule has 1 heteroatoms. The molecule has 1 saturated carbocycles. The molecule has 0 bridgehead atoms. The van der Waals surface area contributed by atoms with E-state index in [9.17, 15) is 0 Å². The normalized spacial score (nSPS) is 33.0. The highest BCUT2D eigenvalue weighted by Crippen LogP contribution is 2.30. The Morgan fingerprint density at radius 3 is 2.30 bits per heavy atom. The van der Waals surface area contributed by atoms with Gasteiger partial charge in [-0.2, -0.15) is 0 Å². The Kier molecular flexibility index (Phi) is 2.14. The van der Waals surface area contributed by atoms with Crippen LogP contribution in [-0.2, 0) is 0 Å². The molecule has 0 unspecified atom stereocenters. The minimum absolute atomic E-state index is 0.361. The molecule has 1 aliphatic carbocycles. The standard InChI is InChI=1S/C9H17N/c1-6(2)8-4-7(3)5-9(8)10/h7,9H,4-5,10H2,1-3H3/t7-,9-/m0/s1. The van der Waals surface area contributed by atoms with Crippen LogP contribution in [0, 0.1) is 5.92 Å². The fourth-order valence-corrected chi connectivity index (χ4v) is 1.76. The van der Waals surface area contributed by atoms with E-state index < -0.39 is 0 Å². The van der Waals surface area contributed by atoms with Crippen molar-refractivity contribution in [1.29, 1.82) is 0 Å². The van der Waals surface area contributed by atoms with E-state index in [2.05, 4.69) is 20.8 Å². The highest BCUT2D eigenvalue weighted by Gasteiger charge is 2.23. The molecule has 1 rings (SSSR count). The molecular formula is C9H17N. The Labute approximate surface area is 63.3 Å². The summed E-state index contributed by atoms with van der Waals surface area (Å²) in [5.74, 6) is 0.805. The van der Waals surface area contributed by atoms with Gasteiger partial charge in [0.05, 0.1) is 0 Å². The molecule has 2 atom stereocenters. The Morgan fingerprint density at radius 2 is 2.10 bits per heavy atom. The van der Waals surface area contributed by atoms with Crippen molar-refractivity contribution in [2.24, 2.45) is 11.7 Å². The Bertz CT molecular complexity index is 154. The second kappa shape index (κ2) is 2.75. The van der Waals surface area contributed by atoms with Gasteiger partial charge in [0.25, 0.3) is 0 Å². The molecule has 58 valence electrons. The van der Waals surface area contributed by atoms with Crippen molar-refractivity contribution in [1.82, 2.24) is 0 Å². The van der Waals surface area contributed by atoms with Gasteiger partial charge >= 0.3 is 0 Å². The lowest BCUT2D eigenvalue weighted by molar-refractivity contribution is 0.594. The van der Waals surface area contributed by atoms with E-state index in [1.807, 2.05) is 0 Å². The molecule has 0 aromatic carbocycles. The van der Waals surface area contributed by atoms with Crippen LogP contribution in [0.3, 0.4) is 0 Å². The first-order valence-corrected chi connectivity index (χ1v) is 4.03. The van der Waals surface area contributed by atoms with Crippen molar-refractivity contribution in [3.63, 3.8) is 0 Å². The fourth-order valence-electron chi connectivity index (χ4n) is 1.76. The number of nitrogens with two attached hydrogens (primary N) is 1. The quantitative estimate of drug-likeness (QED) is 0.511. The fraction of sp³-hybridized carbons (Fsp3) is 0.778. The number of rotatable bonds is 0. The average Bonchev–Trinajstić information content (AvgIpc) is 2.10. The van der Waals surface area contributed by atoms with E-state index in [0.29, 0.717) is 6.04 Å². The molecule has 10 heavy (non-hydrogen) atoms.